The normalized spacial score (nSPS) is 12.0. The van der Waals surface area contributed by atoms with Crippen molar-refractivity contribution in [1.82, 2.24) is 24.7 Å². The molecule has 0 aliphatic heterocycles. The van der Waals surface area contributed by atoms with E-state index in [0.717, 1.165) is 22.4 Å². The Bertz CT molecular complexity index is 1170. The Balaban J connectivity index is 1.56. The average Bonchev–Trinajstić information content (AvgIpc) is 3.15. The molecule has 0 aliphatic rings. The van der Waals surface area contributed by atoms with Crippen LogP contribution >= 0.6 is 0 Å². The zero-order valence-corrected chi connectivity index (χ0v) is 17.1. The Hall–Kier alpha value is -3.81. The summed E-state index contributed by atoms with van der Waals surface area (Å²) in [5.41, 5.74) is 3.92. The van der Waals surface area contributed by atoms with Crippen molar-refractivity contribution in [2.75, 3.05) is 16.8 Å². The van der Waals surface area contributed by atoms with E-state index in [1.807, 2.05) is 45.2 Å². The van der Waals surface area contributed by atoms with Gasteiger partial charge in [0.1, 0.15) is 11.3 Å². The number of nitrogens with one attached hydrogen (secondary N) is 1. The van der Waals surface area contributed by atoms with E-state index in [-0.39, 0.29) is 11.9 Å². The summed E-state index contributed by atoms with van der Waals surface area (Å²) in [5, 5.41) is 7.56. The molecule has 1 amide bonds. The van der Waals surface area contributed by atoms with E-state index >= 15 is 0 Å². The SMILES string of the molecule is CCN(C(=O)c1cccnc1)c1cccc([C@H](C)Nc2cnc3cnn(C)c3n2)c1. The number of aromatic nitrogens is 5. The molecule has 0 aliphatic carbocycles. The second kappa shape index (κ2) is 8.28. The number of aryl methyl sites for hydroxylation is 1. The monoisotopic (exact) mass is 401 g/mol. The molecule has 0 bridgehead atoms. The van der Waals surface area contributed by atoms with Crippen molar-refractivity contribution in [3.63, 3.8) is 0 Å². The third kappa shape index (κ3) is 3.84. The van der Waals surface area contributed by atoms with Gasteiger partial charge in [0.05, 0.1) is 24.0 Å². The molecule has 3 aromatic heterocycles. The summed E-state index contributed by atoms with van der Waals surface area (Å²) in [6.07, 6.45) is 6.64. The number of amides is 1. The van der Waals surface area contributed by atoms with Gasteiger partial charge in [-0.25, -0.2) is 14.6 Å². The van der Waals surface area contributed by atoms with Gasteiger partial charge in [-0.1, -0.05) is 12.1 Å². The highest BCUT2D eigenvalue weighted by Gasteiger charge is 2.17. The van der Waals surface area contributed by atoms with Crippen LogP contribution in [0.1, 0.15) is 35.8 Å². The number of pyridine rings is 1. The van der Waals surface area contributed by atoms with E-state index in [1.165, 1.54) is 0 Å². The first kappa shape index (κ1) is 19.5. The average molecular weight is 401 g/mol. The van der Waals surface area contributed by atoms with E-state index < -0.39 is 0 Å². The van der Waals surface area contributed by atoms with Gasteiger partial charge in [-0.05, 0) is 43.7 Å². The zero-order chi connectivity index (χ0) is 21.1. The number of rotatable bonds is 6. The van der Waals surface area contributed by atoms with Crippen LogP contribution in [0.2, 0.25) is 0 Å². The molecule has 4 rings (SSSR count). The molecular weight excluding hydrogens is 378 g/mol. The predicted octanol–water partition coefficient (Wildman–Crippen LogP) is 3.60. The Morgan fingerprint density at radius 2 is 2.07 bits per heavy atom. The van der Waals surface area contributed by atoms with E-state index in [2.05, 4.69) is 25.4 Å². The Morgan fingerprint density at radius 3 is 2.83 bits per heavy atom. The van der Waals surface area contributed by atoms with E-state index in [4.69, 9.17) is 0 Å². The summed E-state index contributed by atoms with van der Waals surface area (Å²) in [7, 11) is 1.84. The summed E-state index contributed by atoms with van der Waals surface area (Å²) >= 11 is 0. The molecule has 4 aromatic rings. The molecule has 1 atom stereocenters. The van der Waals surface area contributed by atoms with Crippen molar-refractivity contribution in [1.29, 1.82) is 0 Å². The van der Waals surface area contributed by atoms with E-state index in [1.54, 1.807) is 46.5 Å². The van der Waals surface area contributed by atoms with Gasteiger partial charge in [0.15, 0.2) is 5.65 Å². The van der Waals surface area contributed by atoms with Crippen LogP contribution in [0.25, 0.3) is 11.2 Å². The highest BCUT2D eigenvalue weighted by molar-refractivity contribution is 6.05. The summed E-state index contributed by atoms with van der Waals surface area (Å²) in [6.45, 7) is 4.57. The molecule has 8 heteroatoms. The lowest BCUT2D eigenvalue weighted by molar-refractivity contribution is 0.0988. The van der Waals surface area contributed by atoms with Gasteiger partial charge in [-0.2, -0.15) is 5.10 Å². The number of nitrogens with zero attached hydrogens (tertiary/aromatic N) is 6. The summed E-state index contributed by atoms with van der Waals surface area (Å²) in [6, 6.07) is 11.5. The molecule has 0 radical (unpaired) electrons. The molecule has 30 heavy (non-hydrogen) atoms. The van der Waals surface area contributed by atoms with Crippen molar-refractivity contribution in [2.24, 2.45) is 7.05 Å². The number of anilines is 2. The topological polar surface area (TPSA) is 88.8 Å². The van der Waals surface area contributed by atoms with Crippen LogP contribution in [0, 0.1) is 0 Å². The number of carbonyl (C=O) groups excluding carboxylic acids is 1. The number of fused-ring (bicyclic) bond motifs is 1. The van der Waals surface area contributed by atoms with Crippen LogP contribution in [0.5, 0.6) is 0 Å². The van der Waals surface area contributed by atoms with Gasteiger partial charge < -0.3 is 10.2 Å². The van der Waals surface area contributed by atoms with Crippen LogP contribution < -0.4 is 10.2 Å². The van der Waals surface area contributed by atoms with Crippen LogP contribution in [0.3, 0.4) is 0 Å². The summed E-state index contributed by atoms with van der Waals surface area (Å²) < 4.78 is 1.70. The minimum atomic E-state index is -0.0733. The van der Waals surface area contributed by atoms with Crippen LogP contribution in [-0.4, -0.2) is 37.2 Å². The molecule has 0 saturated carbocycles. The van der Waals surface area contributed by atoms with Crippen molar-refractivity contribution in [2.45, 2.75) is 19.9 Å². The lowest BCUT2D eigenvalue weighted by Gasteiger charge is -2.23. The van der Waals surface area contributed by atoms with E-state index in [9.17, 15) is 4.79 Å². The lowest BCUT2D eigenvalue weighted by Crippen LogP contribution is -2.30. The summed E-state index contributed by atoms with van der Waals surface area (Å²) in [4.78, 5) is 27.7. The van der Waals surface area contributed by atoms with Crippen molar-refractivity contribution < 1.29 is 4.79 Å². The second-order valence-corrected chi connectivity index (χ2v) is 6.98. The Morgan fingerprint density at radius 1 is 1.20 bits per heavy atom. The zero-order valence-electron chi connectivity index (χ0n) is 17.1. The van der Waals surface area contributed by atoms with Gasteiger partial charge in [0.2, 0.25) is 0 Å². The minimum absolute atomic E-state index is 0.0304. The molecule has 0 saturated heterocycles. The van der Waals surface area contributed by atoms with Crippen molar-refractivity contribution >= 4 is 28.6 Å². The van der Waals surface area contributed by atoms with Crippen LogP contribution in [0.15, 0.2) is 61.2 Å². The maximum Gasteiger partial charge on any atom is 0.259 e. The standard InChI is InChI=1S/C22H23N7O/c1-4-29(22(30)17-8-6-10-23-12-17)18-9-5-7-16(11-18)15(2)26-20-14-24-19-13-25-28(3)21(19)27-20/h5-15H,4H2,1-3H3,(H,26,27)/t15-/m0/s1. The van der Waals surface area contributed by atoms with Crippen molar-refractivity contribution in [3.05, 3.63) is 72.3 Å². The smallest absolute Gasteiger partial charge is 0.259 e. The first-order valence-electron chi connectivity index (χ1n) is 9.80. The fraction of sp³-hybridized carbons (Fsp3) is 0.227. The molecule has 8 nitrogen and oxygen atoms in total. The van der Waals surface area contributed by atoms with E-state index in [0.29, 0.717) is 17.9 Å². The fourth-order valence-corrected chi connectivity index (χ4v) is 3.34. The quantitative estimate of drug-likeness (QED) is 0.531. The second-order valence-electron chi connectivity index (χ2n) is 6.98. The van der Waals surface area contributed by atoms with Crippen LogP contribution in [-0.2, 0) is 7.05 Å². The van der Waals surface area contributed by atoms with Gasteiger partial charge >= 0.3 is 0 Å². The largest absolute Gasteiger partial charge is 0.362 e. The number of hydrogen-bond donors (Lipinski definition) is 1. The van der Waals surface area contributed by atoms with Crippen LogP contribution in [0.4, 0.5) is 11.5 Å². The number of carbonyl (C=O) groups is 1. The molecule has 0 unspecified atom stereocenters. The minimum Gasteiger partial charge on any atom is -0.362 e. The first-order chi connectivity index (χ1) is 14.6. The number of hydrogen-bond acceptors (Lipinski definition) is 6. The van der Waals surface area contributed by atoms with Gasteiger partial charge in [-0.15, -0.1) is 0 Å². The van der Waals surface area contributed by atoms with Gasteiger partial charge in [0.25, 0.3) is 5.91 Å². The Labute approximate surface area is 174 Å². The molecule has 1 aromatic carbocycles. The molecule has 1 N–H and O–H groups in total. The molecule has 152 valence electrons. The third-order valence-electron chi connectivity index (χ3n) is 4.96. The maximum absolute atomic E-state index is 12.9. The lowest BCUT2D eigenvalue weighted by atomic mass is 10.1. The molecule has 0 fully saturated rings. The van der Waals surface area contributed by atoms with Gasteiger partial charge in [-0.3, -0.25) is 9.78 Å². The fourth-order valence-electron chi connectivity index (χ4n) is 3.34. The first-order valence-corrected chi connectivity index (χ1v) is 9.80. The molecule has 0 spiro atoms. The predicted molar refractivity (Wildman–Crippen MR) is 116 cm³/mol. The molecular formula is C22H23N7O. The molecule has 3 heterocycles. The van der Waals surface area contributed by atoms with Gasteiger partial charge in [0, 0.05) is 31.7 Å². The maximum atomic E-state index is 12.9. The highest BCUT2D eigenvalue weighted by atomic mass is 16.2. The summed E-state index contributed by atoms with van der Waals surface area (Å²) in [5.74, 6) is 0.596. The highest BCUT2D eigenvalue weighted by Crippen LogP contribution is 2.24. The number of benzene rings is 1. The van der Waals surface area contributed by atoms with Crippen molar-refractivity contribution in [3.8, 4) is 0 Å². The Kier molecular flexibility index (Phi) is 5.38. The third-order valence-corrected chi connectivity index (χ3v) is 4.96.